The van der Waals surface area contributed by atoms with Gasteiger partial charge in [0.05, 0.1) is 4.90 Å². The van der Waals surface area contributed by atoms with Gasteiger partial charge in [0.2, 0.25) is 10.0 Å². The molecule has 0 amide bonds. The van der Waals surface area contributed by atoms with Gasteiger partial charge in [-0.1, -0.05) is 30.3 Å². The van der Waals surface area contributed by atoms with E-state index < -0.39 is 16.0 Å². The largest absolute Gasteiger partial charge is 0.477 e. The van der Waals surface area contributed by atoms with Crippen LogP contribution < -0.4 is 4.72 Å². The molecule has 1 atom stereocenters. The minimum Gasteiger partial charge on any atom is -0.477 e. The summed E-state index contributed by atoms with van der Waals surface area (Å²) in [4.78, 5) is 13.9. The maximum atomic E-state index is 12.7. The summed E-state index contributed by atoms with van der Waals surface area (Å²) in [5, 5.41) is 9.07. The Labute approximate surface area is 157 Å². The number of aromatic carboxylic acids is 1. The minimum atomic E-state index is -3.73. The van der Waals surface area contributed by atoms with Gasteiger partial charge >= 0.3 is 5.97 Å². The first kappa shape index (κ1) is 19.0. The van der Waals surface area contributed by atoms with Gasteiger partial charge in [-0.25, -0.2) is 17.9 Å². The van der Waals surface area contributed by atoms with E-state index in [-0.39, 0.29) is 15.8 Å². The Morgan fingerprint density at radius 3 is 2.73 bits per heavy atom. The molecule has 0 aliphatic carbocycles. The molecule has 1 fully saturated rings. The fourth-order valence-corrected chi connectivity index (χ4v) is 5.95. The second kappa shape index (κ2) is 7.87. The Morgan fingerprint density at radius 2 is 2.08 bits per heavy atom. The maximum absolute atomic E-state index is 12.7. The number of nitrogens with zero attached hydrogens (tertiary/aromatic N) is 1. The molecule has 1 aliphatic rings. The van der Waals surface area contributed by atoms with Crippen molar-refractivity contribution in [1.82, 2.24) is 9.62 Å². The molecule has 1 unspecified atom stereocenters. The van der Waals surface area contributed by atoms with Crippen molar-refractivity contribution in [2.75, 3.05) is 13.1 Å². The summed E-state index contributed by atoms with van der Waals surface area (Å²) in [5.41, 5.74) is 1.20. The number of hydrogen-bond acceptors (Lipinski definition) is 5. The average Bonchev–Trinajstić information content (AvgIpc) is 2.99. The van der Waals surface area contributed by atoms with Gasteiger partial charge in [-0.05, 0) is 37.9 Å². The van der Waals surface area contributed by atoms with Crippen LogP contribution in [0, 0.1) is 6.92 Å². The van der Waals surface area contributed by atoms with E-state index in [1.54, 1.807) is 6.92 Å². The Balaban J connectivity index is 1.68. The van der Waals surface area contributed by atoms with Crippen LogP contribution in [0.1, 0.15) is 33.0 Å². The van der Waals surface area contributed by atoms with Crippen LogP contribution in [-0.2, 0) is 16.6 Å². The molecular weight excluding hydrogens is 372 g/mol. The van der Waals surface area contributed by atoms with E-state index >= 15 is 0 Å². The Kier molecular flexibility index (Phi) is 5.76. The number of nitrogens with one attached hydrogen (secondary N) is 1. The third-order valence-electron chi connectivity index (χ3n) is 4.45. The number of carbonyl (C=O) groups is 1. The number of hydrogen-bond donors (Lipinski definition) is 2. The lowest BCUT2D eigenvalue weighted by atomic mass is 10.1. The number of carboxylic acid groups (broad SMARTS) is 1. The second-order valence-corrected chi connectivity index (χ2v) is 9.46. The molecule has 8 heteroatoms. The fraction of sp³-hybridized carbons (Fsp3) is 0.389. The lowest BCUT2D eigenvalue weighted by Crippen LogP contribution is -2.47. The second-order valence-electron chi connectivity index (χ2n) is 6.52. The van der Waals surface area contributed by atoms with Gasteiger partial charge in [-0.2, -0.15) is 0 Å². The molecule has 3 rings (SSSR count). The van der Waals surface area contributed by atoms with Crippen LogP contribution in [0.5, 0.6) is 0 Å². The third-order valence-corrected chi connectivity index (χ3v) is 7.26. The molecule has 0 radical (unpaired) electrons. The summed E-state index contributed by atoms with van der Waals surface area (Å²) in [6.45, 7) is 4.00. The molecule has 140 valence electrons. The van der Waals surface area contributed by atoms with Crippen LogP contribution in [0.15, 0.2) is 41.3 Å². The molecular formula is C18H22N2O4S2. The molecule has 0 saturated carbocycles. The first-order chi connectivity index (χ1) is 12.3. The molecule has 2 aromatic rings. The molecule has 1 aromatic heterocycles. The predicted octanol–water partition coefficient (Wildman–Crippen LogP) is 2.70. The normalized spacial score (nSPS) is 18.7. The van der Waals surface area contributed by atoms with Crippen LogP contribution >= 0.6 is 11.3 Å². The van der Waals surface area contributed by atoms with Gasteiger partial charge in [0, 0.05) is 24.0 Å². The zero-order chi connectivity index (χ0) is 18.7. The number of thiophene rings is 1. The van der Waals surface area contributed by atoms with E-state index in [2.05, 4.69) is 21.8 Å². The summed E-state index contributed by atoms with van der Waals surface area (Å²) in [5.74, 6) is -1.11. The number of rotatable bonds is 6. The van der Waals surface area contributed by atoms with Crippen molar-refractivity contribution < 1.29 is 18.3 Å². The first-order valence-electron chi connectivity index (χ1n) is 8.47. The highest BCUT2D eigenvalue weighted by Crippen LogP contribution is 2.26. The first-order valence-corrected chi connectivity index (χ1v) is 10.8. The van der Waals surface area contributed by atoms with Crippen LogP contribution in [0.4, 0.5) is 0 Å². The number of likely N-dealkylation sites (tertiary alicyclic amines) is 1. The summed E-state index contributed by atoms with van der Waals surface area (Å²) >= 11 is 0.985. The summed E-state index contributed by atoms with van der Waals surface area (Å²) in [6, 6.07) is 11.2. The molecule has 1 saturated heterocycles. The van der Waals surface area contributed by atoms with Crippen molar-refractivity contribution in [1.29, 1.82) is 0 Å². The summed E-state index contributed by atoms with van der Waals surface area (Å²) < 4.78 is 28.2. The van der Waals surface area contributed by atoms with Gasteiger partial charge in [-0.15, -0.1) is 11.3 Å². The van der Waals surface area contributed by atoms with Crippen LogP contribution in [0.3, 0.4) is 0 Å². The standard InChI is InChI=1S/C18H22N2O4S2/c1-13-17(10-16(25-13)18(21)22)26(23,24)19-15-8-5-9-20(12-15)11-14-6-3-2-4-7-14/h2-4,6-7,10,15,19H,5,8-9,11-12H2,1H3,(H,21,22). The van der Waals surface area contributed by atoms with Gasteiger partial charge in [0.25, 0.3) is 0 Å². The fourth-order valence-electron chi connectivity index (χ4n) is 3.26. The van der Waals surface area contributed by atoms with Gasteiger partial charge in [0.15, 0.2) is 0 Å². The maximum Gasteiger partial charge on any atom is 0.345 e. The molecule has 0 spiro atoms. The average molecular weight is 395 g/mol. The number of benzene rings is 1. The molecule has 1 aliphatic heterocycles. The third kappa shape index (κ3) is 4.50. The van der Waals surface area contributed by atoms with Gasteiger partial charge in [0.1, 0.15) is 4.88 Å². The monoisotopic (exact) mass is 394 g/mol. The van der Waals surface area contributed by atoms with Gasteiger partial charge < -0.3 is 5.11 Å². The van der Waals surface area contributed by atoms with Crippen molar-refractivity contribution in [2.24, 2.45) is 0 Å². The Bertz CT molecular complexity index is 878. The lowest BCUT2D eigenvalue weighted by Gasteiger charge is -2.33. The van der Waals surface area contributed by atoms with Crippen LogP contribution in [0.25, 0.3) is 0 Å². The molecule has 0 bridgehead atoms. The molecule has 2 heterocycles. The van der Waals surface area contributed by atoms with Crippen molar-refractivity contribution >= 4 is 27.3 Å². The van der Waals surface area contributed by atoms with Crippen molar-refractivity contribution in [2.45, 2.75) is 37.2 Å². The molecule has 6 nitrogen and oxygen atoms in total. The Morgan fingerprint density at radius 1 is 1.35 bits per heavy atom. The predicted molar refractivity (Wildman–Crippen MR) is 101 cm³/mol. The number of piperidine rings is 1. The van der Waals surface area contributed by atoms with E-state index in [4.69, 9.17) is 5.11 Å². The highest BCUT2D eigenvalue weighted by atomic mass is 32.2. The summed E-state index contributed by atoms with van der Waals surface area (Å²) in [6.07, 6.45) is 1.70. The van der Waals surface area contributed by atoms with E-state index in [1.807, 2.05) is 18.2 Å². The van der Waals surface area contributed by atoms with E-state index in [1.165, 1.54) is 11.6 Å². The SMILES string of the molecule is Cc1sc(C(=O)O)cc1S(=O)(=O)NC1CCCN(Cc2ccccc2)C1. The highest BCUT2D eigenvalue weighted by Gasteiger charge is 2.28. The van der Waals surface area contributed by atoms with Crippen molar-refractivity contribution in [3.05, 3.63) is 51.7 Å². The number of carboxylic acids is 1. The lowest BCUT2D eigenvalue weighted by molar-refractivity contribution is 0.0702. The van der Waals surface area contributed by atoms with Crippen LogP contribution in [-0.4, -0.2) is 43.5 Å². The topological polar surface area (TPSA) is 86.7 Å². The van der Waals surface area contributed by atoms with Crippen molar-refractivity contribution in [3.63, 3.8) is 0 Å². The highest BCUT2D eigenvalue weighted by molar-refractivity contribution is 7.89. The molecule has 1 aromatic carbocycles. The van der Waals surface area contributed by atoms with Crippen LogP contribution in [0.2, 0.25) is 0 Å². The van der Waals surface area contributed by atoms with E-state index in [0.717, 1.165) is 37.3 Å². The molecule has 26 heavy (non-hydrogen) atoms. The smallest absolute Gasteiger partial charge is 0.345 e. The number of sulfonamides is 1. The molecule has 2 N–H and O–H groups in total. The Hall–Kier alpha value is -1.74. The van der Waals surface area contributed by atoms with E-state index in [0.29, 0.717) is 11.4 Å². The van der Waals surface area contributed by atoms with Gasteiger partial charge in [-0.3, -0.25) is 4.90 Å². The van der Waals surface area contributed by atoms with Crippen molar-refractivity contribution in [3.8, 4) is 0 Å². The summed E-state index contributed by atoms with van der Waals surface area (Å²) in [7, 11) is -3.73. The minimum absolute atomic E-state index is 0.0391. The quantitative estimate of drug-likeness (QED) is 0.787. The van der Waals surface area contributed by atoms with E-state index in [9.17, 15) is 13.2 Å². The number of aryl methyl sites for hydroxylation is 1. The zero-order valence-corrected chi connectivity index (χ0v) is 16.1. The zero-order valence-electron chi connectivity index (χ0n) is 14.5.